The predicted octanol–water partition coefficient (Wildman–Crippen LogP) is 0.725. The molecule has 0 aromatic rings. The molecule has 1 aliphatic heterocycles. The summed E-state index contributed by atoms with van der Waals surface area (Å²) in [5.41, 5.74) is -0.246. The normalized spacial score (nSPS) is 42.7. The Morgan fingerprint density at radius 1 is 1.48 bits per heavy atom. The van der Waals surface area contributed by atoms with E-state index in [1.807, 2.05) is 0 Å². The fraction of sp³-hybridized carbons (Fsp3) is 0.647. The van der Waals surface area contributed by atoms with Gasteiger partial charge in [0.25, 0.3) is 0 Å². The van der Waals surface area contributed by atoms with Crippen LogP contribution in [-0.2, 0) is 19.1 Å². The Kier molecular flexibility index (Phi) is 3.84. The van der Waals surface area contributed by atoms with Crippen molar-refractivity contribution < 1.29 is 29.3 Å². The average molecular weight is 322 g/mol. The van der Waals surface area contributed by atoms with Crippen molar-refractivity contribution in [1.29, 1.82) is 0 Å². The number of fused-ring (bicyclic) bond motifs is 3. The highest BCUT2D eigenvalue weighted by Crippen LogP contribution is 2.53. The second-order valence-electron chi connectivity index (χ2n) is 6.84. The first-order valence-corrected chi connectivity index (χ1v) is 7.87. The topological polar surface area (TPSA) is 93.1 Å². The highest BCUT2D eigenvalue weighted by molar-refractivity contribution is 5.83. The molecular formula is C17H22O6. The minimum Gasteiger partial charge on any atom is -0.462 e. The van der Waals surface area contributed by atoms with Crippen molar-refractivity contribution in [2.75, 3.05) is 6.61 Å². The van der Waals surface area contributed by atoms with Crippen molar-refractivity contribution in [1.82, 2.24) is 0 Å². The van der Waals surface area contributed by atoms with E-state index in [0.717, 1.165) is 5.57 Å². The molecule has 0 aromatic heterocycles. The number of esters is 2. The molecule has 1 saturated heterocycles. The van der Waals surface area contributed by atoms with E-state index in [-0.39, 0.29) is 11.8 Å². The molecule has 3 rings (SSSR count). The van der Waals surface area contributed by atoms with Crippen LogP contribution in [0.1, 0.15) is 26.2 Å². The fourth-order valence-corrected chi connectivity index (χ4v) is 4.24. The number of aliphatic hydroxyl groups excluding tert-OH is 1. The molecule has 2 aliphatic carbocycles. The minimum atomic E-state index is -1.85. The van der Waals surface area contributed by atoms with E-state index in [2.05, 4.69) is 13.2 Å². The highest BCUT2D eigenvalue weighted by Gasteiger charge is 2.62. The number of ether oxygens (including phenoxy) is 2. The van der Waals surface area contributed by atoms with Crippen LogP contribution in [0, 0.1) is 17.8 Å². The third-order valence-corrected chi connectivity index (χ3v) is 5.52. The van der Waals surface area contributed by atoms with Crippen LogP contribution in [0.3, 0.4) is 0 Å². The van der Waals surface area contributed by atoms with Crippen LogP contribution < -0.4 is 0 Å². The first kappa shape index (κ1) is 16.2. The molecule has 0 radical (unpaired) electrons. The standard InChI is InChI=1S/C17H22O6/c1-8-4-5-12-15(14-9(2)13(19)6-11(8)14)23-16(20)17(12,21)7-22-10(3)18/h11-15,19,21H,1-2,4-7H2,3H3/t11-,12+,13+,14-,15+,17+/m0/s1. The Morgan fingerprint density at radius 2 is 2.17 bits per heavy atom. The zero-order valence-electron chi connectivity index (χ0n) is 13.2. The van der Waals surface area contributed by atoms with Gasteiger partial charge >= 0.3 is 11.9 Å². The summed E-state index contributed by atoms with van der Waals surface area (Å²) in [5, 5.41) is 20.9. The maximum absolute atomic E-state index is 12.3. The summed E-state index contributed by atoms with van der Waals surface area (Å²) in [6, 6.07) is 0. The van der Waals surface area contributed by atoms with Crippen molar-refractivity contribution in [3.8, 4) is 0 Å². The number of hydrogen-bond acceptors (Lipinski definition) is 6. The first-order valence-electron chi connectivity index (χ1n) is 7.87. The highest BCUT2D eigenvalue weighted by atomic mass is 16.6. The largest absolute Gasteiger partial charge is 0.462 e. The van der Waals surface area contributed by atoms with Gasteiger partial charge in [-0.25, -0.2) is 4.79 Å². The number of carbonyl (C=O) groups excluding carboxylic acids is 2. The van der Waals surface area contributed by atoms with Gasteiger partial charge in [-0.05, 0) is 30.8 Å². The molecule has 0 amide bonds. The van der Waals surface area contributed by atoms with Gasteiger partial charge in [-0.1, -0.05) is 18.7 Å². The lowest BCUT2D eigenvalue weighted by atomic mass is 9.78. The van der Waals surface area contributed by atoms with Crippen molar-refractivity contribution in [2.24, 2.45) is 17.8 Å². The lowest BCUT2D eigenvalue weighted by molar-refractivity contribution is -0.166. The van der Waals surface area contributed by atoms with Gasteiger partial charge in [0.1, 0.15) is 12.7 Å². The van der Waals surface area contributed by atoms with Gasteiger partial charge < -0.3 is 19.7 Å². The Labute approximate surface area is 134 Å². The Hall–Kier alpha value is -1.66. The molecule has 3 aliphatic rings. The quantitative estimate of drug-likeness (QED) is 0.575. The van der Waals surface area contributed by atoms with Crippen LogP contribution in [0.2, 0.25) is 0 Å². The van der Waals surface area contributed by atoms with Crippen LogP contribution in [-0.4, -0.2) is 46.6 Å². The summed E-state index contributed by atoms with van der Waals surface area (Å²) in [6.07, 6.45) is 0.439. The molecule has 126 valence electrons. The van der Waals surface area contributed by atoms with Gasteiger partial charge in [-0.2, -0.15) is 0 Å². The van der Waals surface area contributed by atoms with Crippen molar-refractivity contribution in [3.63, 3.8) is 0 Å². The summed E-state index contributed by atoms with van der Waals surface area (Å²) in [7, 11) is 0. The van der Waals surface area contributed by atoms with Gasteiger partial charge in [0.05, 0.1) is 6.10 Å². The molecule has 2 N–H and O–H groups in total. The smallest absolute Gasteiger partial charge is 0.342 e. The molecule has 0 aromatic carbocycles. The Morgan fingerprint density at radius 3 is 2.83 bits per heavy atom. The number of rotatable bonds is 2. The van der Waals surface area contributed by atoms with E-state index in [1.54, 1.807) is 0 Å². The van der Waals surface area contributed by atoms with Crippen LogP contribution in [0.4, 0.5) is 0 Å². The van der Waals surface area contributed by atoms with Crippen LogP contribution in [0.25, 0.3) is 0 Å². The Bertz CT molecular complexity index is 582. The lowest BCUT2D eigenvalue weighted by Crippen LogP contribution is -2.47. The van der Waals surface area contributed by atoms with E-state index < -0.39 is 42.3 Å². The summed E-state index contributed by atoms with van der Waals surface area (Å²) in [5.74, 6) is -2.10. The third-order valence-electron chi connectivity index (χ3n) is 5.52. The van der Waals surface area contributed by atoms with Crippen molar-refractivity contribution in [2.45, 2.75) is 44.0 Å². The molecule has 1 heterocycles. The van der Waals surface area contributed by atoms with E-state index in [1.165, 1.54) is 6.92 Å². The monoisotopic (exact) mass is 322 g/mol. The molecule has 23 heavy (non-hydrogen) atoms. The molecule has 0 bridgehead atoms. The summed E-state index contributed by atoms with van der Waals surface area (Å²) < 4.78 is 10.4. The second kappa shape index (κ2) is 5.46. The maximum Gasteiger partial charge on any atom is 0.342 e. The average Bonchev–Trinajstić information content (AvgIpc) is 2.85. The van der Waals surface area contributed by atoms with Crippen LogP contribution in [0.15, 0.2) is 24.3 Å². The van der Waals surface area contributed by atoms with E-state index in [9.17, 15) is 19.8 Å². The SMILES string of the molecule is C=C1[C@@H]2[C@@H]3OC(=O)[C@@](O)(COC(C)=O)[C@@H]3CCC(=C)[C@@H]2C[C@H]1O. The fourth-order valence-electron chi connectivity index (χ4n) is 4.24. The summed E-state index contributed by atoms with van der Waals surface area (Å²) in [4.78, 5) is 23.3. The Balaban J connectivity index is 1.93. The molecule has 0 spiro atoms. The van der Waals surface area contributed by atoms with E-state index in [4.69, 9.17) is 9.47 Å². The molecule has 6 heteroatoms. The van der Waals surface area contributed by atoms with Gasteiger partial charge in [0.2, 0.25) is 5.60 Å². The lowest BCUT2D eigenvalue weighted by Gasteiger charge is -2.29. The zero-order chi connectivity index (χ0) is 16.9. The van der Waals surface area contributed by atoms with Gasteiger partial charge in [-0.3, -0.25) is 4.79 Å². The number of aliphatic hydroxyl groups is 2. The summed E-state index contributed by atoms with van der Waals surface area (Å²) >= 11 is 0. The molecule has 6 nitrogen and oxygen atoms in total. The molecule has 2 saturated carbocycles. The van der Waals surface area contributed by atoms with Crippen LogP contribution >= 0.6 is 0 Å². The van der Waals surface area contributed by atoms with Gasteiger partial charge in [-0.15, -0.1) is 0 Å². The van der Waals surface area contributed by atoms with Crippen molar-refractivity contribution >= 4 is 11.9 Å². The maximum atomic E-state index is 12.3. The number of carbonyl (C=O) groups is 2. The molecule has 6 atom stereocenters. The van der Waals surface area contributed by atoms with Crippen LogP contribution in [0.5, 0.6) is 0 Å². The number of allylic oxidation sites excluding steroid dienone is 1. The minimum absolute atomic E-state index is 0.00336. The predicted molar refractivity (Wildman–Crippen MR) is 80.1 cm³/mol. The third kappa shape index (κ3) is 2.40. The van der Waals surface area contributed by atoms with Gasteiger partial charge in [0.15, 0.2) is 0 Å². The molecule has 3 fully saturated rings. The zero-order valence-corrected chi connectivity index (χ0v) is 13.2. The van der Waals surface area contributed by atoms with E-state index in [0.29, 0.717) is 24.8 Å². The molecular weight excluding hydrogens is 300 g/mol. The molecule has 0 unspecified atom stereocenters. The van der Waals surface area contributed by atoms with Crippen molar-refractivity contribution in [3.05, 3.63) is 24.3 Å². The number of hydrogen-bond donors (Lipinski definition) is 2. The van der Waals surface area contributed by atoms with E-state index >= 15 is 0 Å². The van der Waals surface area contributed by atoms with Gasteiger partial charge in [0, 0.05) is 18.8 Å². The summed E-state index contributed by atoms with van der Waals surface area (Å²) in [6.45, 7) is 8.86. The first-order chi connectivity index (χ1) is 10.8. The second-order valence-corrected chi connectivity index (χ2v) is 6.84.